The van der Waals surface area contributed by atoms with Crippen molar-refractivity contribution in [3.05, 3.63) is 47.5 Å². The van der Waals surface area contributed by atoms with Gasteiger partial charge in [-0.2, -0.15) is 4.80 Å². The Morgan fingerprint density at radius 3 is 2.57 bits per heavy atom. The van der Waals surface area contributed by atoms with E-state index in [0.29, 0.717) is 25.9 Å². The van der Waals surface area contributed by atoms with Gasteiger partial charge in [0, 0.05) is 24.8 Å². The summed E-state index contributed by atoms with van der Waals surface area (Å²) in [5.41, 5.74) is 0.0667. The van der Waals surface area contributed by atoms with Gasteiger partial charge >= 0.3 is 12.1 Å². The number of hydrogen-bond donors (Lipinski definition) is 0. The summed E-state index contributed by atoms with van der Waals surface area (Å²) < 4.78 is 42.0. The van der Waals surface area contributed by atoms with Crippen LogP contribution in [0.25, 0.3) is 0 Å². The van der Waals surface area contributed by atoms with Crippen molar-refractivity contribution < 1.29 is 27.8 Å². The minimum absolute atomic E-state index is 0.0693. The largest absolute Gasteiger partial charge is 0.466 e. The third kappa shape index (κ3) is 5.06. The van der Waals surface area contributed by atoms with Crippen LogP contribution in [0.1, 0.15) is 43.4 Å². The second kappa shape index (κ2) is 10.4. The first-order chi connectivity index (χ1) is 17.9. The zero-order chi connectivity index (χ0) is 25.9. The van der Waals surface area contributed by atoms with Gasteiger partial charge in [-0.1, -0.05) is 5.21 Å². The molecule has 0 N–H and O–H groups in total. The van der Waals surface area contributed by atoms with Crippen molar-refractivity contribution in [2.75, 3.05) is 37.7 Å². The molecule has 13 nitrogen and oxygen atoms in total. The predicted octanol–water partition coefficient (Wildman–Crippen LogP) is 1.49. The monoisotopic (exact) mass is 517 g/mol. The number of cyclic esters (lactones) is 1. The third-order valence-electron chi connectivity index (χ3n) is 6.30. The summed E-state index contributed by atoms with van der Waals surface area (Å²) in [6, 6.07) is 2.30. The number of halogens is 2. The molecule has 0 aliphatic carbocycles. The van der Waals surface area contributed by atoms with Gasteiger partial charge in [0.1, 0.15) is 30.3 Å². The normalized spacial score (nSPS) is 17.2. The highest BCUT2D eigenvalue weighted by molar-refractivity contribution is 5.71. The van der Waals surface area contributed by atoms with Crippen LogP contribution in [-0.4, -0.2) is 85.0 Å². The molecule has 0 bridgehead atoms. The van der Waals surface area contributed by atoms with E-state index in [0.717, 1.165) is 0 Å². The van der Waals surface area contributed by atoms with Gasteiger partial charge in [0.2, 0.25) is 0 Å². The van der Waals surface area contributed by atoms with Crippen LogP contribution in [0.4, 0.5) is 19.3 Å². The lowest BCUT2D eigenvalue weighted by atomic mass is 10.0. The van der Waals surface area contributed by atoms with E-state index < -0.39 is 29.9 Å². The molecule has 0 spiro atoms. The van der Waals surface area contributed by atoms with Crippen molar-refractivity contribution in [2.24, 2.45) is 0 Å². The molecule has 0 saturated carbocycles. The molecule has 1 atom stereocenters. The Kier molecular flexibility index (Phi) is 6.92. The van der Waals surface area contributed by atoms with Crippen LogP contribution in [0, 0.1) is 11.6 Å². The SMILES string of the molecule is CCOC(=O)Cc1nnn(C2CCN(c3c(F)cc([C@H](N4CCOC4=O)n4ccnn4)cc3F)CC2)n1. The maximum absolute atomic E-state index is 15.3. The van der Waals surface area contributed by atoms with Crippen LogP contribution >= 0.6 is 0 Å². The van der Waals surface area contributed by atoms with Gasteiger partial charge < -0.3 is 14.4 Å². The molecular formula is C22H25F2N9O4. The number of esters is 1. The highest BCUT2D eigenvalue weighted by Crippen LogP contribution is 2.34. The molecule has 0 unspecified atom stereocenters. The van der Waals surface area contributed by atoms with E-state index in [2.05, 4.69) is 25.7 Å². The molecule has 0 radical (unpaired) electrons. The first-order valence-electron chi connectivity index (χ1n) is 11.9. The predicted molar refractivity (Wildman–Crippen MR) is 121 cm³/mol. The molecular weight excluding hydrogens is 492 g/mol. The molecule has 1 amide bonds. The first kappa shape index (κ1) is 24.5. The second-order valence-electron chi connectivity index (χ2n) is 8.62. The number of carbonyl (C=O) groups is 2. The smallest absolute Gasteiger partial charge is 0.411 e. The molecule has 196 valence electrons. The van der Waals surface area contributed by atoms with Gasteiger partial charge in [0.05, 0.1) is 25.4 Å². The fourth-order valence-corrected chi connectivity index (χ4v) is 4.63. The minimum Gasteiger partial charge on any atom is -0.466 e. The molecule has 2 aliphatic heterocycles. The van der Waals surface area contributed by atoms with Crippen LogP contribution in [-0.2, 0) is 20.7 Å². The third-order valence-corrected chi connectivity index (χ3v) is 6.30. The Labute approximate surface area is 209 Å². The Balaban J connectivity index is 1.30. The van der Waals surface area contributed by atoms with Crippen molar-refractivity contribution >= 4 is 17.7 Å². The molecule has 2 fully saturated rings. The fraction of sp³-hybridized carbons (Fsp3) is 0.500. The van der Waals surface area contributed by atoms with Crippen LogP contribution < -0.4 is 4.90 Å². The maximum Gasteiger partial charge on any atom is 0.411 e. The number of carbonyl (C=O) groups excluding carboxylic acids is 2. The summed E-state index contributed by atoms with van der Waals surface area (Å²) in [4.78, 5) is 28.3. The summed E-state index contributed by atoms with van der Waals surface area (Å²) in [6.07, 6.45) is 2.42. The van der Waals surface area contributed by atoms with E-state index in [1.807, 2.05) is 0 Å². The summed E-state index contributed by atoms with van der Waals surface area (Å²) >= 11 is 0. The number of amides is 1. The van der Waals surface area contributed by atoms with Crippen molar-refractivity contribution in [2.45, 2.75) is 38.4 Å². The van der Waals surface area contributed by atoms with Crippen LogP contribution in [0.5, 0.6) is 0 Å². The number of anilines is 1. The molecule has 3 aromatic rings. The highest BCUT2D eigenvalue weighted by atomic mass is 19.1. The number of aromatic nitrogens is 7. The summed E-state index contributed by atoms with van der Waals surface area (Å²) in [6.45, 7) is 3.13. The lowest BCUT2D eigenvalue weighted by Crippen LogP contribution is -2.37. The Bertz CT molecular complexity index is 1240. The quantitative estimate of drug-likeness (QED) is 0.405. The average Bonchev–Trinajstić information content (AvgIpc) is 3.64. The summed E-state index contributed by atoms with van der Waals surface area (Å²) in [5, 5.41) is 19.9. The van der Waals surface area contributed by atoms with E-state index in [1.165, 1.54) is 38.9 Å². The maximum atomic E-state index is 15.3. The number of benzene rings is 1. The van der Waals surface area contributed by atoms with Gasteiger partial charge in [0.15, 0.2) is 12.0 Å². The van der Waals surface area contributed by atoms with E-state index in [-0.39, 0.29) is 49.3 Å². The van der Waals surface area contributed by atoms with Gasteiger partial charge in [-0.05, 0) is 37.1 Å². The number of piperidine rings is 1. The van der Waals surface area contributed by atoms with Crippen LogP contribution in [0.3, 0.4) is 0 Å². The molecule has 2 aliphatic rings. The topological polar surface area (TPSA) is 133 Å². The number of rotatable bonds is 8. The highest BCUT2D eigenvalue weighted by Gasteiger charge is 2.34. The summed E-state index contributed by atoms with van der Waals surface area (Å²) in [5.74, 6) is -1.67. The molecule has 37 heavy (non-hydrogen) atoms. The van der Waals surface area contributed by atoms with E-state index in [1.54, 1.807) is 11.8 Å². The number of tetrazole rings is 1. The Morgan fingerprint density at radius 2 is 1.95 bits per heavy atom. The van der Waals surface area contributed by atoms with Gasteiger partial charge in [-0.25, -0.2) is 18.3 Å². The van der Waals surface area contributed by atoms with Gasteiger partial charge in [0.25, 0.3) is 0 Å². The molecule has 2 saturated heterocycles. The zero-order valence-corrected chi connectivity index (χ0v) is 20.0. The molecule has 5 rings (SSSR count). The average molecular weight is 517 g/mol. The van der Waals surface area contributed by atoms with Crippen LogP contribution in [0.2, 0.25) is 0 Å². The number of ether oxygens (including phenoxy) is 2. The number of nitrogens with zero attached hydrogens (tertiary/aromatic N) is 9. The Hall–Kier alpha value is -4.17. The van der Waals surface area contributed by atoms with Crippen molar-refractivity contribution in [1.29, 1.82) is 0 Å². The molecule has 2 aromatic heterocycles. The Morgan fingerprint density at radius 1 is 1.19 bits per heavy atom. The van der Waals surface area contributed by atoms with Crippen molar-refractivity contribution in [1.82, 2.24) is 40.1 Å². The van der Waals surface area contributed by atoms with E-state index >= 15 is 8.78 Å². The molecule has 15 heteroatoms. The minimum atomic E-state index is -0.900. The van der Waals surface area contributed by atoms with E-state index in [4.69, 9.17) is 9.47 Å². The van der Waals surface area contributed by atoms with Crippen molar-refractivity contribution in [3.63, 3.8) is 0 Å². The van der Waals surface area contributed by atoms with Crippen LogP contribution in [0.15, 0.2) is 24.5 Å². The summed E-state index contributed by atoms with van der Waals surface area (Å²) in [7, 11) is 0. The van der Waals surface area contributed by atoms with Crippen molar-refractivity contribution in [3.8, 4) is 0 Å². The molecule has 1 aromatic carbocycles. The first-order valence-corrected chi connectivity index (χ1v) is 11.9. The molecule has 4 heterocycles. The van der Waals surface area contributed by atoms with E-state index in [9.17, 15) is 9.59 Å². The van der Waals surface area contributed by atoms with Gasteiger partial charge in [-0.3, -0.25) is 9.69 Å². The lowest BCUT2D eigenvalue weighted by molar-refractivity contribution is -0.142. The zero-order valence-electron chi connectivity index (χ0n) is 20.0. The standard InChI is InChI=1S/C22H25F2N9O4/c1-2-36-19(34)13-18-26-29-33(27-18)15-3-6-30(7-4-15)20-16(23)11-14(12-17(20)24)21(32-8-5-25-28-32)31-9-10-37-22(31)35/h5,8,11-12,15,21H,2-4,6-7,9-10,13H2,1H3/t21-/m1/s1. The van der Waals surface area contributed by atoms with Gasteiger partial charge in [-0.15, -0.1) is 15.3 Å². The lowest BCUT2D eigenvalue weighted by Gasteiger charge is -2.33. The fourth-order valence-electron chi connectivity index (χ4n) is 4.63. The second-order valence-corrected chi connectivity index (χ2v) is 8.62. The number of hydrogen-bond acceptors (Lipinski definition) is 10.